The average molecular weight is 733 g/mol. The first-order chi connectivity index (χ1) is 27.6. The number of benzene rings is 4. The van der Waals surface area contributed by atoms with Gasteiger partial charge >= 0.3 is 0 Å². The Hall–Kier alpha value is -6.47. The summed E-state index contributed by atoms with van der Waals surface area (Å²) in [4.78, 5) is 36.1. The fraction of sp³-hybridized carbons (Fsp3) is 0.204. The molecule has 0 N–H and O–H groups in total. The van der Waals surface area contributed by atoms with Crippen molar-refractivity contribution in [2.24, 2.45) is 0 Å². The molecule has 4 aliphatic heterocycles. The summed E-state index contributed by atoms with van der Waals surface area (Å²) in [5, 5.41) is 0. The van der Waals surface area contributed by atoms with E-state index in [0.29, 0.717) is 0 Å². The Bertz CT molecular complexity index is 2350. The average Bonchev–Trinajstić information content (AvgIpc) is 3.26. The summed E-state index contributed by atoms with van der Waals surface area (Å²) in [6, 6.07) is 46.4. The van der Waals surface area contributed by atoms with Gasteiger partial charge in [-0.3, -0.25) is 4.79 Å². The summed E-state index contributed by atoms with van der Waals surface area (Å²) in [5.74, 6) is 1.62. The van der Waals surface area contributed by atoms with E-state index < -0.39 is 0 Å². The molecule has 0 aliphatic carbocycles. The first-order valence-corrected chi connectivity index (χ1v) is 19.7. The lowest BCUT2D eigenvalue weighted by molar-refractivity contribution is -0.109. The fourth-order valence-corrected chi connectivity index (χ4v) is 9.61. The van der Waals surface area contributed by atoms with Gasteiger partial charge in [-0.15, -0.1) is 0 Å². The van der Waals surface area contributed by atoms with Gasteiger partial charge < -0.3 is 19.6 Å². The number of pyridine rings is 2. The van der Waals surface area contributed by atoms with Crippen LogP contribution in [0.3, 0.4) is 0 Å². The minimum atomic E-state index is -0.238. The molecular formula is C49H44N6O. The van der Waals surface area contributed by atoms with Crippen molar-refractivity contribution in [2.75, 3.05) is 37.0 Å². The Labute approximate surface area is 328 Å². The van der Waals surface area contributed by atoms with Crippen molar-refractivity contribution in [1.29, 1.82) is 0 Å². The minimum absolute atomic E-state index is 0.0132. The smallest absolute Gasteiger partial charge is 0.198 e. The highest BCUT2D eigenvalue weighted by atomic mass is 16.1. The number of nitrogens with zero attached hydrogens (tertiary/aromatic N) is 6. The van der Waals surface area contributed by atoms with Crippen LogP contribution >= 0.6 is 0 Å². The van der Waals surface area contributed by atoms with Crippen LogP contribution in [0.25, 0.3) is 11.1 Å². The first kappa shape index (κ1) is 34.1. The number of allylic oxidation sites excluding steroid dienone is 2. The van der Waals surface area contributed by atoms with E-state index in [4.69, 9.17) is 9.97 Å². The van der Waals surface area contributed by atoms with Crippen LogP contribution in [0.15, 0.2) is 157 Å². The van der Waals surface area contributed by atoms with Crippen LogP contribution in [0.1, 0.15) is 56.6 Å². The molecule has 0 spiro atoms. The lowest BCUT2D eigenvalue weighted by Gasteiger charge is -2.46. The molecule has 0 saturated heterocycles. The lowest BCUT2D eigenvalue weighted by atomic mass is 9.80. The molecule has 6 aromatic rings. The van der Waals surface area contributed by atoms with Crippen molar-refractivity contribution >= 4 is 28.6 Å². The van der Waals surface area contributed by atoms with Gasteiger partial charge in [-0.1, -0.05) is 109 Å². The van der Waals surface area contributed by atoms with E-state index in [1.807, 2.05) is 24.5 Å². The van der Waals surface area contributed by atoms with E-state index in [2.05, 4.69) is 155 Å². The van der Waals surface area contributed by atoms with E-state index in [0.717, 1.165) is 95.5 Å². The summed E-state index contributed by atoms with van der Waals surface area (Å²) < 4.78 is 0. The van der Waals surface area contributed by atoms with Gasteiger partial charge in [0.05, 0.1) is 34.6 Å². The highest BCUT2D eigenvalue weighted by molar-refractivity contribution is 6.44. The van der Waals surface area contributed by atoms with Crippen LogP contribution < -0.4 is 9.80 Å². The summed E-state index contributed by atoms with van der Waals surface area (Å²) in [5.41, 5.74) is 12.8. The van der Waals surface area contributed by atoms with Crippen molar-refractivity contribution in [3.63, 3.8) is 0 Å². The van der Waals surface area contributed by atoms with Gasteiger partial charge in [-0.05, 0) is 70.5 Å². The maximum absolute atomic E-state index is 16.6. The number of ketones is 1. The summed E-state index contributed by atoms with van der Waals surface area (Å²) in [6.45, 7) is 3.05. The predicted octanol–water partition coefficient (Wildman–Crippen LogP) is 8.67. The molecule has 6 heterocycles. The third kappa shape index (κ3) is 5.60. The number of fused-ring (bicyclic) bond motifs is 4. The first-order valence-electron chi connectivity index (χ1n) is 19.7. The van der Waals surface area contributed by atoms with Crippen molar-refractivity contribution in [3.8, 4) is 0 Å². The number of hydrogen-bond acceptors (Lipinski definition) is 7. The topological polar surface area (TPSA) is 55.8 Å². The zero-order valence-electron chi connectivity index (χ0n) is 31.8. The molecular weight excluding hydrogens is 689 g/mol. The molecule has 7 heteroatoms. The predicted molar refractivity (Wildman–Crippen MR) is 224 cm³/mol. The molecule has 0 radical (unpaired) electrons. The molecule has 56 heavy (non-hydrogen) atoms. The molecule has 4 aromatic carbocycles. The number of carbonyl (C=O) groups is 1. The van der Waals surface area contributed by atoms with Gasteiger partial charge in [0.25, 0.3) is 0 Å². The lowest BCUT2D eigenvalue weighted by Crippen LogP contribution is -2.43. The van der Waals surface area contributed by atoms with Gasteiger partial charge in [-0.2, -0.15) is 0 Å². The van der Waals surface area contributed by atoms with Crippen LogP contribution in [0, 0.1) is 0 Å². The standard InChI is InChI=1S/C49H44N6O/c1-52-43(35-17-5-3-6-18-35)45(54-29-25-33-15-9-11-21-37(33)31-54)41(39-23-13-27-50-48(39)52)47(56)42-40-24-14-28-51-49(40)53(2)44(36-19-7-4-8-20-36)46(42)55-30-26-34-16-10-12-22-38(34)32-55/h3-24,27-28,43-44H,25-26,29-32H2,1-2H3. The van der Waals surface area contributed by atoms with E-state index in [1.54, 1.807) is 0 Å². The number of likely N-dealkylation sites (N-methyl/N-ethyl adjacent to an activating group) is 2. The Morgan fingerprint density at radius 2 is 0.893 bits per heavy atom. The summed E-state index contributed by atoms with van der Waals surface area (Å²) in [6.07, 6.45) is 5.50. The van der Waals surface area contributed by atoms with Crippen LogP contribution in [0.5, 0.6) is 0 Å². The molecule has 10 rings (SSSR count). The molecule has 2 unspecified atom stereocenters. The van der Waals surface area contributed by atoms with Crippen LogP contribution in [0.2, 0.25) is 0 Å². The van der Waals surface area contributed by atoms with Gasteiger partial charge in [0.15, 0.2) is 5.78 Å². The zero-order chi connectivity index (χ0) is 37.8. The highest BCUT2D eigenvalue weighted by Gasteiger charge is 2.45. The Balaban J connectivity index is 1.27. The van der Waals surface area contributed by atoms with E-state index in [9.17, 15) is 0 Å². The molecule has 0 fully saturated rings. The molecule has 0 amide bonds. The number of Topliss-reactive ketones (excluding diaryl/α,β-unsaturated/α-hetero) is 1. The van der Waals surface area contributed by atoms with E-state index in [1.165, 1.54) is 22.3 Å². The SMILES string of the molecule is CN1c2ncccc2C(C(=O)C2=C(N3CCc4ccccc4C3)C(c3ccccc3)N(C)c3ncccc32)=C(N2CCc3ccccc3C2)C1c1ccccc1. The molecule has 0 bridgehead atoms. The monoisotopic (exact) mass is 732 g/mol. The van der Waals surface area contributed by atoms with Crippen LogP contribution in [0.4, 0.5) is 11.6 Å². The van der Waals surface area contributed by atoms with Crippen molar-refractivity contribution in [2.45, 2.75) is 38.0 Å². The summed E-state index contributed by atoms with van der Waals surface area (Å²) >= 11 is 0. The molecule has 2 aromatic heterocycles. The van der Waals surface area contributed by atoms with Crippen LogP contribution in [-0.2, 0) is 30.7 Å². The largest absolute Gasteiger partial charge is 0.368 e. The number of aromatic nitrogens is 2. The quantitative estimate of drug-likeness (QED) is 0.170. The number of carbonyl (C=O) groups excluding carboxylic acids is 1. The maximum atomic E-state index is 16.6. The second-order valence-electron chi connectivity index (χ2n) is 15.3. The number of hydrogen-bond donors (Lipinski definition) is 0. The second-order valence-corrected chi connectivity index (χ2v) is 15.3. The van der Waals surface area contributed by atoms with Crippen molar-refractivity contribution < 1.29 is 4.79 Å². The van der Waals surface area contributed by atoms with E-state index in [-0.39, 0.29) is 17.9 Å². The number of anilines is 2. The molecule has 276 valence electrons. The second kappa shape index (κ2) is 14.0. The van der Waals surface area contributed by atoms with Crippen molar-refractivity contribution in [1.82, 2.24) is 19.8 Å². The fourth-order valence-electron chi connectivity index (χ4n) is 9.61. The van der Waals surface area contributed by atoms with E-state index >= 15 is 4.79 Å². The summed E-state index contributed by atoms with van der Waals surface area (Å²) in [7, 11) is 4.25. The highest BCUT2D eigenvalue weighted by Crippen LogP contribution is 2.51. The number of rotatable bonds is 6. The Kier molecular flexibility index (Phi) is 8.51. The maximum Gasteiger partial charge on any atom is 0.198 e. The zero-order valence-corrected chi connectivity index (χ0v) is 31.8. The molecule has 7 nitrogen and oxygen atoms in total. The Morgan fingerprint density at radius 3 is 1.32 bits per heavy atom. The normalized spacial score (nSPS) is 19.0. The van der Waals surface area contributed by atoms with Gasteiger partial charge in [0, 0.05) is 63.8 Å². The molecule has 2 atom stereocenters. The minimum Gasteiger partial charge on any atom is -0.368 e. The van der Waals surface area contributed by atoms with Gasteiger partial charge in [-0.25, -0.2) is 9.97 Å². The van der Waals surface area contributed by atoms with Crippen molar-refractivity contribution in [3.05, 3.63) is 202 Å². The van der Waals surface area contributed by atoms with Gasteiger partial charge in [0.1, 0.15) is 11.6 Å². The van der Waals surface area contributed by atoms with Gasteiger partial charge in [0.2, 0.25) is 0 Å². The Morgan fingerprint density at radius 1 is 0.500 bits per heavy atom. The molecule has 4 aliphatic rings. The third-order valence-corrected chi connectivity index (χ3v) is 12.2. The third-order valence-electron chi connectivity index (χ3n) is 12.2. The molecule has 0 saturated carbocycles. The van der Waals surface area contributed by atoms with Crippen LogP contribution in [-0.4, -0.2) is 52.7 Å².